The molecule has 0 unspecified atom stereocenters. The first kappa shape index (κ1) is 11.8. The standard InChI is InChI=1S/C15H16O2S/c16-15-3-1-2-12-4-5-13(8-14(12)15)17-9-11-6-7-18-10-11/h4-8,10,15-16H,1-3,9H2/t15-/m0/s1. The second-order valence-electron chi connectivity index (χ2n) is 4.69. The average molecular weight is 260 g/mol. The van der Waals surface area contributed by atoms with Gasteiger partial charge in [0, 0.05) is 0 Å². The van der Waals surface area contributed by atoms with Crippen molar-refractivity contribution in [1.29, 1.82) is 0 Å². The zero-order chi connectivity index (χ0) is 12.4. The van der Waals surface area contributed by atoms with Crippen molar-refractivity contribution < 1.29 is 9.84 Å². The van der Waals surface area contributed by atoms with Gasteiger partial charge in [0.15, 0.2) is 0 Å². The van der Waals surface area contributed by atoms with Gasteiger partial charge in [0.25, 0.3) is 0 Å². The van der Waals surface area contributed by atoms with Crippen LogP contribution < -0.4 is 4.74 Å². The Labute approximate surface area is 111 Å². The first-order valence-corrected chi connectivity index (χ1v) is 7.22. The predicted molar refractivity (Wildman–Crippen MR) is 73.0 cm³/mol. The maximum absolute atomic E-state index is 9.98. The van der Waals surface area contributed by atoms with Crippen LogP contribution >= 0.6 is 11.3 Å². The zero-order valence-corrected chi connectivity index (χ0v) is 11.0. The molecule has 0 radical (unpaired) electrons. The zero-order valence-electron chi connectivity index (χ0n) is 10.1. The number of benzene rings is 1. The van der Waals surface area contributed by atoms with E-state index in [0.717, 1.165) is 30.6 Å². The minimum Gasteiger partial charge on any atom is -0.489 e. The van der Waals surface area contributed by atoms with E-state index in [1.165, 1.54) is 11.1 Å². The van der Waals surface area contributed by atoms with E-state index in [2.05, 4.69) is 22.9 Å². The van der Waals surface area contributed by atoms with Crippen molar-refractivity contribution in [2.45, 2.75) is 32.0 Å². The molecule has 1 atom stereocenters. The normalized spacial score (nSPS) is 18.4. The van der Waals surface area contributed by atoms with Crippen LogP contribution in [0.5, 0.6) is 5.75 Å². The summed E-state index contributed by atoms with van der Waals surface area (Å²) in [5.74, 6) is 0.848. The summed E-state index contributed by atoms with van der Waals surface area (Å²) < 4.78 is 5.76. The largest absolute Gasteiger partial charge is 0.489 e. The number of aliphatic hydroxyl groups is 1. The Morgan fingerprint density at radius 1 is 1.33 bits per heavy atom. The summed E-state index contributed by atoms with van der Waals surface area (Å²) in [7, 11) is 0. The highest BCUT2D eigenvalue weighted by molar-refractivity contribution is 7.07. The molecule has 1 heterocycles. The third-order valence-electron chi connectivity index (χ3n) is 3.39. The summed E-state index contributed by atoms with van der Waals surface area (Å²) in [5, 5.41) is 14.1. The minimum atomic E-state index is -0.321. The maximum Gasteiger partial charge on any atom is 0.120 e. The van der Waals surface area contributed by atoms with E-state index < -0.39 is 0 Å². The lowest BCUT2D eigenvalue weighted by Gasteiger charge is -2.21. The van der Waals surface area contributed by atoms with Crippen LogP contribution in [0.15, 0.2) is 35.0 Å². The fraction of sp³-hybridized carbons (Fsp3) is 0.333. The number of ether oxygens (including phenoxy) is 1. The van der Waals surface area contributed by atoms with Crippen molar-refractivity contribution >= 4 is 11.3 Å². The molecule has 0 saturated carbocycles. The lowest BCUT2D eigenvalue weighted by Crippen LogP contribution is -2.09. The van der Waals surface area contributed by atoms with Gasteiger partial charge in [0.05, 0.1) is 6.10 Å². The number of fused-ring (bicyclic) bond motifs is 1. The fourth-order valence-corrected chi connectivity index (χ4v) is 3.04. The fourth-order valence-electron chi connectivity index (χ4n) is 2.38. The number of hydrogen-bond donors (Lipinski definition) is 1. The Balaban J connectivity index is 1.75. The molecule has 1 aliphatic rings. The highest BCUT2D eigenvalue weighted by Crippen LogP contribution is 2.32. The van der Waals surface area contributed by atoms with Crippen LogP contribution in [0, 0.1) is 0 Å². The Kier molecular flexibility index (Phi) is 3.35. The lowest BCUT2D eigenvalue weighted by molar-refractivity contribution is 0.156. The Morgan fingerprint density at radius 2 is 2.28 bits per heavy atom. The van der Waals surface area contributed by atoms with Gasteiger partial charge in [0.1, 0.15) is 12.4 Å². The number of aryl methyl sites for hydroxylation is 1. The van der Waals surface area contributed by atoms with E-state index in [1.807, 2.05) is 12.1 Å². The second kappa shape index (κ2) is 5.12. The van der Waals surface area contributed by atoms with Gasteiger partial charge in [-0.25, -0.2) is 0 Å². The quantitative estimate of drug-likeness (QED) is 0.912. The van der Waals surface area contributed by atoms with Gasteiger partial charge in [0.2, 0.25) is 0 Å². The molecule has 1 aromatic heterocycles. The summed E-state index contributed by atoms with van der Waals surface area (Å²) in [4.78, 5) is 0. The van der Waals surface area contributed by atoms with E-state index in [0.29, 0.717) is 6.61 Å². The van der Waals surface area contributed by atoms with Gasteiger partial charge >= 0.3 is 0 Å². The first-order valence-electron chi connectivity index (χ1n) is 6.28. The molecule has 1 N–H and O–H groups in total. The molecule has 0 bridgehead atoms. The van der Waals surface area contributed by atoms with E-state index >= 15 is 0 Å². The van der Waals surface area contributed by atoms with Crippen LogP contribution in [0.2, 0.25) is 0 Å². The van der Waals surface area contributed by atoms with Crippen LogP contribution in [0.1, 0.15) is 35.6 Å². The van der Waals surface area contributed by atoms with E-state index in [9.17, 15) is 5.11 Å². The second-order valence-corrected chi connectivity index (χ2v) is 5.47. The van der Waals surface area contributed by atoms with Gasteiger partial charge < -0.3 is 9.84 Å². The molecule has 0 amide bonds. The highest BCUT2D eigenvalue weighted by Gasteiger charge is 2.18. The molecule has 3 heteroatoms. The smallest absolute Gasteiger partial charge is 0.120 e. The molecule has 3 rings (SSSR count). The number of thiophene rings is 1. The molecule has 2 aromatic rings. The van der Waals surface area contributed by atoms with Crippen LogP contribution in [-0.2, 0) is 13.0 Å². The van der Waals surface area contributed by atoms with Crippen molar-refractivity contribution in [1.82, 2.24) is 0 Å². The summed E-state index contributed by atoms with van der Waals surface area (Å²) in [6, 6.07) is 8.15. The number of hydrogen-bond acceptors (Lipinski definition) is 3. The molecule has 1 aromatic carbocycles. The highest BCUT2D eigenvalue weighted by atomic mass is 32.1. The van der Waals surface area contributed by atoms with Crippen LogP contribution in [-0.4, -0.2) is 5.11 Å². The Bertz CT molecular complexity index is 519. The van der Waals surface area contributed by atoms with Gasteiger partial charge in [-0.3, -0.25) is 0 Å². The Morgan fingerprint density at radius 3 is 3.11 bits per heavy atom. The molecular weight excluding hydrogens is 244 g/mol. The van der Waals surface area contributed by atoms with Gasteiger partial charge in [-0.1, -0.05) is 6.07 Å². The molecule has 0 saturated heterocycles. The van der Waals surface area contributed by atoms with Gasteiger partial charge in [-0.05, 0) is 64.9 Å². The summed E-state index contributed by atoms with van der Waals surface area (Å²) in [6.45, 7) is 0.596. The first-order chi connectivity index (χ1) is 8.83. The van der Waals surface area contributed by atoms with Crippen molar-refractivity contribution in [2.24, 2.45) is 0 Å². The van der Waals surface area contributed by atoms with Crippen LogP contribution in [0.25, 0.3) is 0 Å². The summed E-state index contributed by atoms with van der Waals surface area (Å²) in [5.41, 5.74) is 3.50. The molecule has 0 spiro atoms. The molecule has 18 heavy (non-hydrogen) atoms. The lowest BCUT2D eigenvalue weighted by atomic mass is 9.89. The molecule has 2 nitrogen and oxygen atoms in total. The van der Waals surface area contributed by atoms with E-state index in [-0.39, 0.29) is 6.10 Å². The maximum atomic E-state index is 9.98. The topological polar surface area (TPSA) is 29.5 Å². The molecule has 0 aliphatic heterocycles. The van der Waals surface area contributed by atoms with Gasteiger partial charge in [-0.2, -0.15) is 11.3 Å². The predicted octanol–water partition coefficient (Wildman–Crippen LogP) is 3.70. The van der Waals surface area contributed by atoms with Crippen molar-refractivity contribution in [3.05, 3.63) is 51.7 Å². The van der Waals surface area contributed by atoms with Crippen molar-refractivity contribution in [3.8, 4) is 5.75 Å². The molecule has 94 valence electrons. The monoisotopic (exact) mass is 260 g/mol. The third-order valence-corrected chi connectivity index (χ3v) is 4.12. The van der Waals surface area contributed by atoms with Crippen molar-refractivity contribution in [2.75, 3.05) is 0 Å². The van der Waals surface area contributed by atoms with Crippen molar-refractivity contribution in [3.63, 3.8) is 0 Å². The van der Waals surface area contributed by atoms with E-state index in [4.69, 9.17) is 4.74 Å². The summed E-state index contributed by atoms with van der Waals surface area (Å²) in [6.07, 6.45) is 2.68. The molecule has 1 aliphatic carbocycles. The van der Waals surface area contributed by atoms with E-state index in [1.54, 1.807) is 11.3 Å². The van der Waals surface area contributed by atoms with Crippen LogP contribution in [0.4, 0.5) is 0 Å². The Hall–Kier alpha value is -1.32. The third kappa shape index (κ3) is 2.42. The van der Waals surface area contributed by atoms with Crippen LogP contribution in [0.3, 0.4) is 0 Å². The minimum absolute atomic E-state index is 0.321. The van der Waals surface area contributed by atoms with Gasteiger partial charge in [-0.15, -0.1) is 0 Å². The molecular formula is C15H16O2S. The summed E-state index contributed by atoms with van der Waals surface area (Å²) >= 11 is 1.68. The average Bonchev–Trinajstić information content (AvgIpc) is 2.90. The molecule has 0 fully saturated rings. The number of aliphatic hydroxyl groups excluding tert-OH is 1. The SMILES string of the molecule is O[C@H]1CCCc2ccc(OCc3ccsc3)cc21. The number of rotatable bonds is 3.